The van der Waals surface area contributed by atoms with Crippen LogP contribution in [0.4, 0.5) is 5.69 Å². The molecule has 2 rings (SSSR count). The number of amides is 1. The summed E-state index contributed by atoms with van der Waals surface area (Å²) in [6.07, 6.45) is 2.06. The molecule has 0 aliphatic heterocycles. The molecule has 0 radical (unpaired) electrons. The third-order valence-electron chi connectivity index (χ3n) is 3.60. The largest absolute Gasteiger partial charge is 0.325 e. The summed E-state index contributed by atoms with van der Waals surface area (Å²) in [4.78, 5) is 11.9. The Bertz CT molecular complexity index is 608. The molecule has 0 heterocycles. The smallest absolute Gasteiger partial charge is 0.238 e. The second-order valence-electron chi connectivity index (χ2n) is 5.63. The van der Waals surface area contributed by atoms with Crippen molar-refractivity contribution in [2.75, 3.05) is 18.4 Å². The van der Waals surface area contributed by atoms with Crippen LogP contribution in [-0.2, 0) is 11.2 Å². The van der Waals surface area contributed by atoms with E-state index in [1.165, 1.54) is 11.1 Å². The van der Waals surface area contributed by atoms with Crippen LogP contribution in [0, 0.1) is 13.8 Å². The topological polar surface area (TPSA) is 41.1 Å². The van der Waals surface area contributed by atoms with Crippen molar-refractivity contribution in [2.24, 2.45) is 0 Å². The van der Waals surface area contributed by atoms with Gasteiger partial charge < -0.3 is 10.6 Å². The van der Waals surface area contributed by atoms with Gasteiger partial charge in [0.2, 0.25) is 5.91 Å². The lowest BCUT2D eigenvalue weighted by Crippen LogP contribution is -2.29. The summed E-state index contributed by atoms with van der Waals surface area (Å²) in [7, 11) is 0. The molecule has 0 aromatic heterocycles. The molecule has 2 aromatic rings. The predicted octanol–water partition coefficient (Wildman–Crippen LogP) is 3.46. The van der Waals surface area contributed by atoms with E-state index < -0.39 is 0 Å². The van der Waals surface area contributed by atoms with Gasteiger partial charge in [0.1, 0.15) is 0 Å². The van der Waals surface area contributed by atoms with E-state index in [0.717, 1.165) is 30.6 Å². The lowest BCUT2D eigenvalue weighted by Gasteiger charge is -2.10. The fraction of sp³-hybridized carbons (Fsp3) is 0.316. The first-order chi connectivity index (χ1) is 10.6. The summed E-state index contributed by atoms with van der Waals surface area (Å²) in [5, 5.41) is 6.14. The summed E-state index contributed by atoms with van der Waals surface area (Å²) < 4.78 is 0. The number of hydrogen-bond acceptors (Lipinski definition) is 2. The molecule has 2 N–H and O–H groups in total. The molecule has 0 aliphatic carbocycles. The Kier molecular flexibility index (Phi) is 6.16. The predicted molar refractivity (Wildman–Crippen MR) is 92.2 cm³/mol. The van der Waals surface area contributed by atoms with Gasteiger partial charge in [0.05, 0.1) is 6.54 Å². The van der Waals surface area contributed by atoms with Crippen molar-refractivity contribution < 1.29 is 4.79 Å². The molecule has 0 saturated carbocycles. The molecule has 0 fully saturated rings. The molecule has 0 spiro atoms. The number of aryl methyl sites for hydroxylation is 3. The molecule has 3 nitrogen and oxygen atoms in total. The third-order valence-corrected chi connectivity index (χ3v) is 3.60. The standard InChI is InChI=1S/C19H24N2O/c1-15-10-11-18(16(2)13-15)21-19(22)14-20-12-6-9-17-7-4-3-5-8-17/h3-5,7-8,10-11,13,20H,6,9,12,14H2,1-2H3,(H,21,22). The molecule has 0 atom stereocenters. The summed E-state index contributed by atoms with van der Waals surface area (Å²) in [6.45, 7) is 5.25. The zero-order valence-electron chi connectivity index (χ0n) is 13.4. The van der Waals surface area contributed by atoms with Crippen LogP contribution in [0.1, 0.15) is 23.1 Å². The molecule has 2 aromatic carbocycles. The molecule has 0 aliphatic rings. The maximum atomic E-state index is 11.9. The minimum Gasteiger partial charge on any atom is -0.325 e. The van der Waals surface area contributed by atoms with Crippen LogP contribution in [0.5, 0.6) is 0 Å². The van der Waals surface area contributed by atoms with Crippen LogP contribution < -0.4 is 10.6 Å². The zero-order chi connectivity index (χ0) is 15.8. The first-order valence-corrected chi connectivity index (χ1v) is 7.77. The van der Waals surface area contributed by atoms with E-state index in [4.69, 9.17) is 0 Å². The molecule has 3 heteroatoms. The van der Waals surface area contributed by atoms with Crippen molar-refractivity contribution in [3.05, 3.63) is 65.2 Å². The van der Waals surface area contributed by atoms with Gasteiger partial charge in [-0.1, -0.05) is 48.0 Å². The van der Waals surface area contributed by atoms with E-state index in [2.05, 4.69) is 41.0 Å². The van der Waals surface area contributed by atoms with Crippen molar-refractivity contribution in [3.63, 3.8) is 0 Å². The highest BCUT2D eigenvalue weighted by molar-refractivity contribution is 5.92. The van der Waals surface area contributed by atoms with Crippen LogP contribution in [0.3, 0.4) is 0 Å². The van der Waals surface area contributed by atoms with Gasteiger partial charge in [-0.05, 0) is 50.4 Å². The third kappa shape index (κ3) is 5.34. The fourth-order valence-electron chi connectivity index (χ4n) is 2.41. The second-order valence-corrected chi connectivity index (χ2v) is 5.63. The van der Waals surface area contributed by atoms with Gasteiger partial charge in [-0.25, -0.2) is 0 Å². The van der Waals surface area contributed by atoms with E-state index in [0.29, 0.717) is 6.54 Å². The minimum absolute atomic E-state index is 0.00617. The van der Waals surface area contributed by atoms with Gasteiger partial charge in [0.25, 0.3) is 0 Å². The van der Waals surface area contributed by atoms with E-state index in [1.807, 2.05) is 32.0 Å². The van der Waals surface area contributed by atoms with E-state index in [-0.39, 0.29) is 5.91 Å². The normalized spacial score (nSPS) is 10.5. The summed E-state index contributed by atoms with van der Waals surface area (Å²) in [6, 6.07) is 16.4. The average Bonchev–Trinajstić information content (AvgIpc) is 2.51. The molecule has 0 unspecified atom stereocenters. The van der Waals surface area contributed by atoms with Gasteiger partial charge in [0.15, 0.2) is 0 Å². The first-order valence-electron chi connectivity index (χ1n) is 7.77. The Hall–Kier alpha value is -2.13. The second kappa shape index (κ2) is 8.35. The van der Waals surface area contributed by atoms with Gasteiger partial charge >= 0.3 is 0 Å². The highest BCUT2D eigenvalue weighted by atomic mass is 16.1. The highest BCUT2D eigenvalue weighted by Crippen LogP contribution is 2.15. The Morgan fingerprint density at radius 3 is 2.55 bits per heavy atom. The fourth-order valence-corrected chi connectivity index (χ4v) is 2.41. The maximum Gasteiger partial charge on any atom is 0.238 e. The monoisotopic (exact) mass is 296 g/mol. The SMILES string of the molecule is Cc1ccc(NC(=O)CNCCCc2ccccc2)c(C)c1. The maximum absolute atomic E-state index is 11.9. The number of benzene rings is 2. The van der Waals surface area contributed by atoms with Crippen LogP contribution in [0.2, 0.25) is 0 Å². The molecule has 22 heavy (non-hydrogen) atoms. The molecule has 116 valence electrons. The van der Waals surface area contributed by atoms with E-state index in [9.17, 15) is 4.79 Å². The van der Waals surface area contributed by atoms with Gasteiger partial charge in [-0.2, -0.15) is 0 Å². The number of nitrogens with one attached hydrogen (secondary N) is 2. The molecule has 0 saturated heterocycles. The summed E-state index contributed by atoms with van der Waals surface area (Å²) in [5.74, 6) is 0.00617. The number of carbonyl (C=O) groups is 1. The highest BCUT2D eigenvalue weighted by Gasteiger charge is 2.04. The Morgan fingerprint density at radius 2 is 1.82 bits per heavy atom. The molecule has 0 bridgehead atoms. The quantitative estimate of drug-likeness (QED) is 0.768. The van der Waals surface area contributed by atoms with Gasteiger partial charge in [-0.15, -0.1) is 0 Å². The van der Waals surface area contributed by atoms with Crippen molar-refractivity contribution >= 4 is 11.6 Å². The number of anilines is 1. The van der Waals surface area contributed by atoms with Crippen molar-refractivity contribution in [2.45, 2.75) is 26.7 Å². The van der Waals surface area contributed by atoms with Crippen LogP contribution in [0.15, 0.2) is 48.5 Å². The van der Waals surface area contributed by atoms with Gasteiger partial charge in [-0.3, -0.25) is 4.79 Å². The number of carbonyl (C=O) groups excluding carboxylic acids is 1. The van der Waals surface area contributed by atoms with Crippen molar-refractivity contribution in [3.8, 4) is 0 Å². The summed E-state index contributed by atoms with van der Waals surface area (Å²) in [5.41, 5.74) is 4.53. The number of rotatable bonds is 7. The lowest BCUT2D eigenvalue weighted by atomic mass is 10.1. The zero-order valence-corrected chi connectivity index (χ0v) is 13.4. The lowest BCUT2D eigenvalue weighted by molar-refractivity contribution is -0.115. The Balaban J connectivity index is 1.65. The van der Waals surface area contributed by atoms with Crippen molar-refractivity contribution in [1.82, 2.24) is 5.32 Å². The van der Waals surface area contributed by atoms with Crippen LogP contribution in [-0.4, -0.2) is 19.0 Å². The Labute approximate surface area is 132 Å². The number of hydrogen-bond donors (Lipinski definition) is 2. The van der Waals surface area contributed by atoms with E-state index >= 15 is 0 Å². The molecular weight excluding hydrogens is 272 g/mol. The molecule has 1 amide bonds. The van der Waals surface area contributed by atoms with Crippen molar-refractivity contribution in [1.29, 1.82) is 0 Å². The van der Waals surface area contributed by atoms with E-state index in [1.54, 1.807) is 0 Å². The van der Waals surface area contributed by atoms with Crippen LogP contribution >= 0.6 is 0 Å². The summed E-state index contributed by atoms with van der Waals surface area (Å²) >= 11 is 0. The average molecular weight is 296 g/mol. The van der Waals surface area contributed by atoms with Gasteiger partial charge in [0, 0.05) is 5.69 Å². The Morgan fingerprint density at radius 1 is 1.05 bits per heavy atom. The minimum atomic E-state index is 0.00617. The van der Waals surface area contributed by atoms with Crippen LogP contribution in [0.25, 0.3) is 0 Å². The first kappa shape index (κ1) is 16.2. The molecular formula is C19H24N2O.